The SMILES string of the molecule is COC(=O)C1=C(C)NC(C)=C(C(=O)OCCCOc2cccc3c(OCC(O)CNC(C)C)cccc23)C1c1cccc([N+](=O)[O-])c1. The lowest BCUT2D eigenvalue weighted by Gasteiger charge is -2.30. The molecule has 0 amide bonds. The fourth-order valence-corrected chi connectivity index (χ4v) is 5.40. The highest BCUT2D eigenvalue weighted by Gasteiger charge is 2.38. The second kappa shape index (κ2) is 16.1. The zero-order valence-electron chi connectivity index (χ0n) is 27.2. The quantitative estimate of drug-likeness (QED) is 0.0891. The number of carbonyl (C=O) groups is 2. The zero-order valence-corrected chi connectivity index (χ0v) is 27.2. The lowest BCUT2D eigenvalue weighted by atomic mass is 9.80. The van der Waals surface area contributed by atoms with Crippen molar-refractivity contribution in [3.05, 3.63) is 98.9 Å². The first-order valence-corrected chi connectivity index (χ1v) is 15.4. The van der Waals surface area contributed by atoms with Crippen LogP contribution in [0.25, 0.3) is 10.8 Å². The van der Waals surface area contributed by atoms with E-state index >= 15 is 0 Å². The number of benzene rings is 3. The van der Waals surface area contributed by atoms with E-state index in [0.717, 1.165) is 10.8 Å². The Morgan fingerprint density at radius 1 is 0.936 bits per heavy atom. The number of hydrogen-bond donors (Lipinski definition) is 3. The van der Waals surface area contributed by atoms with Crippen LogP contribution in [0.15, 0.2) is 83.2 Å². The number of nitrogens with one attached hydrogen (secondary N) is 2. The van der Waals surface area contributed by atoms with Crippen LogP contribution >= 0.6 is 0 Å². The maximum atomic E-state index is 13.5. The average molecular weight is 648 g/mol. The van der Waals surface area contributed by atoms with Gasteiger partial charge in [-0.2, -0.15) is 0 Å². The van der Waals surface area contributed by atoms with Crippen LogP contribution in [0.3, 0.4) is 0 Å². The third kappa shape index (κ3) is 8.66. The predicted molar refractivity (Wildman–Crippen MR) is 176 cm³/mol. The fourth-order valence-electron chi connectivity index (χ4n) is 5.40. The number of nitrogens with zero attached hydrogens (tertiary/aromatic N) is 1. The summed E-state index contributed by atoms with van der Waals surface area (Å²) in [5, 5.41) is 29.7. The molecule has 1 aliphatic rings. The Kier molecular flexibility index (Phi) is 11.9. The zero-order chi connectivity index (χ0) is 34.1. The molecule has 47 heavy (non-hydrogen) atoms. The van der Waals surface area contributed by atoms with E-state index in [0.29, 0.717) is 41.4 Å². The minimum absolute atomic E-state index is 0.0228. The number of non-ortho nitro benzene ring substituents is 1. The fraction of sp³-hybridized carbons (Fsp3) is 0.371. The molecule has 0 spiro atoms. The van der Waals surface area contributed by atoms with Crippen molar-refractivity contribution in [3.8, 4) is 11.5 Å². The Balaban J connectivity index is 1.42. The van der Waals surface area contributed by atoms with Crippen LogP contribution in [0.5, 0.6) is 11.5 Å². The molecule has 4 rings (SSSR count). The Hall–Kier alpha value is -4.94. The van der Waals surface area contributed by atoms with Crippen molar-refractivity contribution in [2.24, 2.45) is 0 Å². The molecule has 1 heterocycles. The molecule has 0 saturated heterocycles. The molecule has 0 aromatic heterocycles. The van der Waals surface area contributed by atoms with E-state index in [9.17, 15) is 24.8 Å². The van der Waals surface area contributed by atoms with Gasteiger partial charge in [0.15, 0.2) is 0 Å². The minimum Gasteiger partial charge on any atom is -0.493 e. The van der Waals surface area contributed by atoms with E-state index < -0.39 is 28.9 Å². The summed E-state index contributed by atoms with van der Waals surface area (Å²) in [6, 6.07) is 17.3. The summed E-state index contributed by atoms with van der Waals surface area (Å²) in [6.07, 6.45) is -0.292. The summed E-state index contributed by atoms with van der Waals surface area (Å²) in [7, 11) is 1.23. The van der Waals surface area contributed by atoms with Crippen LogP contribution in [0.4, 0.5) is 5.69 Å². The first-order valence-electron chi connectivity index (χ1n) is 15.4. The molecule has 0 radical (unpaired) electrons. The van der Waals surface area contributed by atoms with E-state index in [2.05, 4.69) is 10.6 Å². The summed E-state index contributed by atoms with van der Waals surface area (Å²) < 4.78 is 22.6. The van der Waals surface area contributed by atoms with Crippen molar-refractivity contribution >= 4 is 28.4 Å². The maximum Gasteiger partial charge on any atom is 0.336 e. The van der Waals surface area contributed by atoms with Crippen molar-refractivity contribution in [3.63, 3.8) is 0 Å². The van der Waals surface area contributed by atoms with Gasteiger partial charge < -0.3 is 34.7 Å². The van der Waals surface area contributed by atoms with Crippen LogP contribution in [0.2, 0.25) is 0 Å². The van der Waals surface area contributed by atoms with Gasteiger partial charge in [0.1, 0.15) is 24.2 Å². The number of hydrogen-bond acceptors (Lipinski definition) is 11. The monoisotopic (exact) mass is 647 g/mol. The van der Waals surface area contributed by atoms with E-state index in [4.69, 9.17) is 18.9 Å². The van der Waals surface area contributed by atoms with Crippen LogP contribution in [0.1, 0.15) is 45.6 Å². The number of fused-ring (bicyclic) bond motifs is 1. The third-order valence-corrected chi connectivity index (χ3v) is 7.61. The molecule has 3 aromatic rings. The first-order chi connectivity index (χ1) is 22.5. The van der Waals surface area contributed by atoms with E-state index in [1.165, 1.54) is 25.3 Å². The molecule has 1 aliphatic heterocycles. The number of rotatable bonds is 15. The van der Waals surface area contributed by atoms with Gasteiger partial charge >= 0.3 is 11.9 Å². The molecule has 12 nitrogen and oxygen atoms in total. The normalized spacial score (nSPS) is 15.3. The molecule has 3 N–H and O–H groups in total. The van der Waals surface area contributed by atoms with Crippen molar-refractivity contribution in [1.82, 2.24) is 10.6 Å². The summed E-state index contributed by atoms with van der Waals surface area (Å²) in [5.74, 6) is -1.01. The topological polar surface area (TPSA) is 158 Å². The molecule has 2 atom stereocenters. The van der Waals surface area contributed by atoms with Gasteiger partial charge in [-0.3, -0.25) is 10.1 Å². The molecule has 0 saturated carbocycles. The molecule has 0 fully saturated rings. The molecule has 3 aromatic carbocycles. The standard InChI is InChI=1S/C35H41N3O9/c1-21(2)36-19-26(39)20-47-30-15-8-12-27-28(30)13-7-14-29(27)45-16-9-17-46-35(41)32-23(4)37-22(3)31(34(40)44-5)33(32)24-10-6-11-25(18-24)38(42)43/h6-8,10-15,18,21,26,33,36-37,39H,9,16-17,19-20H2,1-5H3. The lowest BCUT2D eigenvalue weighted by Crippen LogP contribution is -2.35. The lowest BCUT2D eigenvalue weighted by molar-refractivity contribution is -0.384. The highest BCUT2D eigenvalue weighted by atomic mass is 16.6. The van der Waals surface area contributed by atoms with Gasteiger partial charge in [-0.15, -0.1) is 0 Å². The number of nitro benzene ring substituents is 1. The van der Waals surface area contributed by atoms with Crippen LogP contribution in [-0.4, -0.2) is 67.6 Å². The number of carbonyl (C=O) groups excluding carboxylic acids is 2. The molecule has 250 valence electrons. The Morgan fingerprint density at radius 3 is 2.17 bits per heavy atom. The van der Waals surface area contributed by atoms with Crippen molar-refractivity contribution < 1.29 is 38.6 Å². The van der Waals surface area contributed by atoms with Gasteiger partial charge in [0.05, 0.1) is 42.3 Å². The molecular weight excluding hydrogens is 606 g/mol. The van der Waals surface area contributed by atoms with Crippen LogP contribution < -0.4 is 20.1 Å². The van der Waals surface area contributed by atoms with Gasteiger partial charge in [0.25, 0.3) is 5.69 Å². The number of dihydropyridines is 1. The van der Waals surface area contributed by atoms with Gasteiger partial charge in [-0.1, -0.05) is 50.2 Å². The van der Waals surface area contributed by atoms with Crippen molar-refractivity contribution in [2.75, 3.05) is 33.5 Å². The molecule has 0 aliphatic carbocycles. The Labute approximate surface area is 273 Å². The number of methoxy groups -OCH3 is 1. The maximum absolute atomic E-state index is 13.5. The second-order valence-corrected chi connectivity index (χ2v) is 11.5. The van der Waals surface area contributed by atoms with Gasteiger partial charge in [0, 0.05) is 53.3 Å². The van der Waals surface area contributed by atoms with E-state index in [1.54, 1.807) is 19.9 Å². The largest absolute Gasteiger partial charge is 0.493 e. The summed E-state index contributed by atoms with van der Waals surface area (Å²) in [5.41, 5.74) is 1.47. The molecule has 2 unspecified atom stereocenters. The van der Waals surface area contributed by atoms with Gasteiger partial charge in [0.2, 0.25) is 0 Å². The number of aliphatic hydroxyl groups excluding tert-OH is 1. The Bertz CT molecular complexity index is 1680. The second-order valence-electron chi connectivity index (χ2n) is 11.5. The summed E-state index contributed by atoms with van der Waals surface area (Å²) in [4.78, 5) is 37.3. The number of ether oxygens (including phenoxy) is 4. The number of aliphatic hydroxyl groups is 1. The number of esters is 2. The summed E-state index contributed by atoms with van der Waals surface area (Å²) >= 11 is 0. The van der Waals surface area contributed by atoms with Crippen molar-refractivity contribution in [2.45, 2.75) is 52.2 Å². The predicted octanol–water partition coefficient (Wildman–Crippen LogP) is 4.91. The number of allylic oxidation sites excluding steroid dienone is 2. The van der Waals surface area contributed by atoms with Crippen molar-refractivity contribution in [1.29, 1.82) is 0 Å². The van der Waals surface area contributed by atoms with Crippen LogP contribution in [-0.2, 0) is 19.1 Å². The van der Waals surface area contributed by atoms with E-state index in [1.807, 2.05) is 50.2 Å². The molecule has 0 bridgehead atoms. The van der Waals surface area contributed by atoms with E-state index in [-0.39, 0.29) is 42.7 Å². The smallest absolute Gasteiger partial charge is 0.336 e. The van der Waals surface area contributed by atoms with Gasteiger partial charge in [-0.05, 0) is 31.5 Å². The minimum atomic E-state index is -0.938. The number of nitro groups is 1. The first kappa shape index (κ1) is 34.9. The highest BCUT2D eigenvalue weighted by molar-refractivity contribution is 6.00. The third-order valence-electron chi connectivity index (χ3n) is 7.61. The summed E-state index contributed by atoms with van der Waals surface area (Å²) in [6.45, 7) is 8.21. The average Bonchev–Trinajstić information content (AvgIpc) is 3.05. The Morgan fingerprint density at radius 2 is 1.55 bits per heavy atom. The molecule has 12 heteroatoms. The van der Waals surface area contributed by atoms with Gasteiger partial charge in [-0.25, -0.2) is 9.59 Å². The highest BCUT2D eigenvalue weighted by Crippen LogP contribution is 2.40. The molecular formula is C35H41N3O9. The van der Waals surface area contributed by atoms with Crippen LogP contribution in [0, 0.1) is 10.1 Å².